The first-order chi connectivity index (χ1) is 9.00. The zero-order chi connectivity index (χ0) is 14.3. The van der Waals surface area contributed by atoms with E-state index in [2.05, 4.69) is 17.3 Å². The SMILES string of the molecule is CN1CCCC(N(C)C(=O)NCCOCC(=O)O)C1. The Morgan fingerprint density at radius 2 is 2.26 bits per heavy atom. The number of carboxylic acid groups (broad SMARTS) is 1. The smallest absolute Gasteiger partial charge is 0.329 e. The Kier molecular flexibility index (Phi) is 6.58. The van der Waals surface area contributed by atoms with Gasteiger partial charge in [0.1, 0.15) is 6.61 Å². The van der Waals surface area contributed by atoms with E-state index in [0.717, 1.165) is 25.9 Å². The first-order valence-corrected chi connectivity index (χ1v) is 6.49. The molecule has 0 radical (unpaired) electrons. The zero-order valence-corrected chi connectivity index (χ0v) is 11.6. The van der Waals surface area contributed by atoms with Crippen molar-refractivity contribution >= 4 is 12.0 Å². The fourth-order valence-electron chi connectivity index (χ4n) is 2.14. The van der Waals surface area contributed by atoms with Crippen LogP contribution >= 0.6 is 0 Å². The number of urea groups is 1. The molecular formula is C12H23N3O4. The molecule has 0 aromatic carbocycles. The van der Waals surface area contributed by atoms with Gasteiger partial charge >= 0.3 is 12.0 Å². The number of nitrogens with zero attached hydrogens (tertiary/aromatic N) is 2. The van der Waals surface area contributed by atoms with E-state index in [1.54, 1.807) is 11.9 Å². The fourth-order valence-corrected chi connectivity index (χ4v) is 2.14. The maximum Gasteiger partial charge on any atom is 0.329 e. The van der Waals surface area contributed by atoms with E-state index in [9.17, 15) is 9.59 Å². The minimum Gasteiger partial charge on any atom is -0.480 e. The van der Waals surface area contributed by atoms with Gasteiger partial charge in [-0.15, -0.1) is 0 Å². The lowest BCUT2D eigenvalue weighted by Crippen LogP contribution is -2.50. The molecule has 1 rings (SSSR count). The van der Waals surface area contributed by atoms with Gasteiger partial charge in [0.05, 0.1) is 6.61 Å². The molecule has 0 aromatic heterocycles. The molecule has 1 saturated heterocycles. The number of carbonyl (C=O) groups is 2. The first kappa shape index (κ1) is 15.7. The lowest BCUT2D eigenvalue weighted by molar-refractivity contribution is -0.142. The van der Waals surface area contributed by atoms with E-state index in [0.29, 0.717) is 6.54 Å². The van der Waals surface area contributed by atoms with Gasteiger partial charge in [-0.2, -0.15) is 0 Å². The maximum absolute atomic E-state index is 11.9. The van der Waals surface area contributed by atoms with Crippen LogP contribution in [0.2, 0.25) is 0 Å². The molecule has 0 spiro atoms. The summed E-state index contributed by atoms with van der Waals surface area (Å²) in [7, 11) is 3.84. The Morgan fingerprint density at radius 3 is 2.89 bits per heavy atom. The van der Waals surface area contributed by atoms with E-state index in [1.807, 2.05) is 0 Å². The lowest BCUT2D eigenvalue weighted by Gasteiger charge is -2.35. The summed E-state index contributed by atoms with van der Waals surface area (Å²) >= 11 is 0. The molecule has 19 heavy (non-hydrogen) atoms. The Labute approximate surface area is 113 Å². The van der Waals surface area contributed by atoms with Crippen molar-refractivity contribution in [3.63, 3.8) is 0 Å². The third-order valence-electron chi connectivity index (χ3n) is 3.22. The molecular weight excluding hydrogens is 250 g/mol. The van der Waals surface area contributed by atoms with Gasteiger partial charge in [0.25, 0.3) is 0 Å². The molecule has 7 nitrogen and oxygen atoms in total. The predicted octanol–water partition coefficient (Wildman–Crippen LogP) is -0.177. The van der Waals surface area contributed by atoms with Crippen LogP contribution in [0.1, 0.15) is 12.8 Å². The molecule has 1 aliphatic heterocycles. The number of carbonyl (C=O) groups excluding carboxylic acids is 1. The second kappa shape index (κ2) is 7.96. The van der Waals surface area contributed by atoms with Crippen molar-refractivity contribution in [1.29, 1.82) is 0 Å². The number of likely N-dealkylation sites (N-methyl/N-ethyl adjacent to an activating group) is 2. The fraction of sp³-hybridized carbons (Fsp3) is 0.833. The van der Waals surface area contributed by atoms with Crippen LogP contribution in [-0.2, 0) is 9.53 Å². The largest absolute Gasteiger partial charge is 0.480 e. The highest BCUT2D eigenvalue weighted by Gasteiger charge is 2.24. The molecule has 2 N–H and O–H groups in total. The summed E-state index contributed by atoms with van der Waals surface area (Å²) in [4.78, 5) is 26.0. The third-order valence-corrected chi connectivity index (χ3v) is 3.22. The number of hydrogen-bond donors (Lipinski definition) is 2. The van der Waals surface area contributed by atoms with Crippen LogP contribution in [0.5, 0.6) is 0 Å². The molecule has 0 aromatic rings. The van der Waals surface area contributed by atoms with Crippen molar-refractivity contribution in [2.75, 3.05) is 46.9 Å². The van der Waals surface area contributed by atoms with E-state index < -0.39 is 5.97 Å². The average molecular weight is 273 g/mol. The van der Waals surface area contributed by atoms with Crippen LogP contribution in [0.4, 0.5) is 4.79 Å². The second-order valence-electron chi connectivity index (χ2n) is 4.85. The third kappa shape index (κ3) is 5.89. The molecule has 0 aliphatic carbocycles. The minimum atomic E-state index is -1.01. The van der Waals surface area contributed by atoms with E-state index >= 15 is 0 Å². The molecule has 1 heterocycles. The van der Waals surface area contributed by atoms with Crippen LogP contribution < -0.4 is 5.32 Å². The van der Waals surface area contributed by atoms with E-state index in [1.165, 1.54) is 0 Å². The zero-order valence-electron chi connectivity index (χ0n) is 11.6. The minimum absolute atomic E-state index is 0.140. The predicted molar refractivity (Wildman–Crippen MR) is 70.1 cm³/mol. The Hall–Kier alpha value is -1.34. The van der Waals surface area contributed by atoms with E-state index in [4.69, 9.17) is 9.84 Å². The molecule has 1 fully saturated rings. The molecule has 1 unspecified atom stereocenters. The van der Waals surface area contributed by atoms with Gasteiger partial charge in [0.15, 0.2) is 0 Å². The Morgan fingerprint density at radius 1 is 1.53 bits per heavy atom. The van der Waals surface area contributed by atoms with Gasteiger partial charge in [0, 0.05) is 26.2 Å². The van der Waals surface area contributed by atoms with Crippen LogP contribution in [-0.4, -0.2) is 79.9 Å². The number of amides is 2. The number of likely N-dealkylation sites (tertiary alicyclic amines) is 1. The number of aliphatic carboxylic acids is 1. The number of ether oxygens (including phenoxy) is 1. The first-order valence-electron chi connectivity index (χ1n) is 6.49. The molecule has 1 atom stereocenters. The van der Waals surface area contributed by atoms with Crippen molar-refractivity contribution in [3.8, 4) is 0 Å². The Balaban J connectivity index is 2.19. The van der Waals surface area contributed by atoms with Crippen LogP contribution in [0.25, 0.3) is 0 Å². The molecule has 0 saturated carbocycles. The normalized spacial score (nSPS) is 20.0. The van der Waals surface area contributed by atoms with Gasteiger partial charge in [0.2, 0.25) is 0 Å². The number of nitrogens with one attached hydrogen (secondary N) is 1. The second-order valence-corrected chi connectivity index (χ2v) is 4.85. The highest BCUT2D eigenvalue weighted by atomic mass is 16.5. The number of hydrogen-bond acceptors (Lipinski definition) is 4. The van der Waals surface area contributed by atoms with Gasteiger partial charge in [-0.3, -0.25) is 0 Å². The van der Waals surface area contributed by atoms with Crippen molar-refractivity contribution in [2.45, 2.75) is 18.9 Å². The highest BCUT2D eigenvalue weighted by Crippen LogP contribution is 2.13. The molecule has 7 heteroatoms. The molecule has 0 bridgehead atoms. The van der Waals surface area contributed by atoms with Crippen molar-refractivity contribution in [1.82, 2.24) is 15.1 Å². The lowest BCUT2D eigenvalue weighted by atomic mass is 10.1. The maximum atomic E-state index is 11.9. The molecule has 1 aliphatic rings. The van der Waals surface area contributed by atoms with Crippen LogP contribution in [0.15, 0.2) is 0 Å². The van der Waals surface area contributed by atoms with Gasteiger partial charge < -0.3 is 25.0 Å². The van der Waals surface area contributed by atoms with Crippen molar-refractivity contribution in [2.24, 2.45) is 0 Å². The number of rotatable bonds is 6. The summed E-state index contributed by atoms with van der Waals surface area (Å²) in [6.45, 7) is 2.16. The summed E-state index contributed by atoms with van der Waals surface area (Å²) < 4.78 is 4.85. The Bertz CT molecular complexity index is 311. The summed E-state index contributed by atoms with van der Waals surface area (Å²) in [5.41, 5.74) is 0. The molecule has 110 valence electrons. The van der Waals surface area contributed by atoms with Crippen LogP contribution in [0, 0.1) is 0 Å². The van der Waals surface area contributed by atoms with Crippen molar-refractivity contribution < 1.29 is 19.4 Å². The number of piperidine rings is 1. The highest BCUT2D eigenvalue weighted by molar-refractivity contribution is 5.74. The molecule has 2 amide bonds. The summed E-state index contributed by atoms with van der Waals surface area (Å²) in [5, 5.41) is 11.1. The van der Waals surface area contributed by atoms with Gasteiger partial charge in [-0.05, 0) is 26.4 Å². The standard InChI is InChI=1S/C12H23N3O4/c1-14-6-3-4-10(8-14)15(2)12(18)13-5-7-19-9-11(16)17/h10H,3-9H2,1-2H3,(H,13,18)(H,16,17). The summed E-state index contributed by atoms with van der Waals surface area (Å²) in [5.74, 6) is -1.01. The van der Waals surface area contributed by atoms with Gasteiger partial charge in [-0.1, -0.05) is 0 Å². The quantitative estimate of drug-likeness (QED) is 0.656. The summed E-state index contributed by atoms with van der Waals surface area (Å²) in [6, 6.07) is 0.0953. The monoisotopic (exact) mass is 273 g/mol. The topological polar surface area (TPSA) is 82.1 Å². The number of carboxylic acids is 1. The van der Waals surface area contributed by atoms with E-state index in [-0.39, 0.29) is 25.3 Å². The van der Waals surface area contributed by atoms with Crippen LogP contribution in [0.3, 0.4) is 0 Å². The van der Waals surface area contributed by atoms with Crippen molar-refractivity contribution in [3.05, 3.63) is 0 Å². The average Bonchev–Trinajstić information content (AvgIpc) is 2.36. The van der Waals surface area contributed by atoms with Gasteiger partial charge in [-0.25, -0.2) is 9.59 Å². The summed E-state index contributed by atoms with van der Waals surface area (Å²) in [6.07, 6.45) is 2.12.